The largest absolute Gasteiger partial charge is 0.431 e. The summed E-state index contributed by atoms with van der Waals surface area (Å²) < 4.78 is 5.64. The van der Waals surface area contributed by atoms with Crippen LogP contribution in [-0.2, 0) is 4.79 Å². The minimum atomic E-state index is 0.0755. The highest BCUT2D eigenvalue weighted by atomic mass is 32.2. The molecular weight excluding hydrogens is 382 g/mol. The maximum absolute atomic E-state index is 12.5. The lowest BCUT2D eigenvalue weighted by molar-refractivity contribution is -0.129. The highest BCUT2D eigenvalue weighted by Crippen LogP contribution is 2.23. The number of piperazine rings is 1. The predicted octanol–water partition coefficient (Wildman–Crippen LogP) is 3.01. The SMILES string of the molecule is O=C(CN1CCN(C(=O)CSc2nc3ccccc3o2)CC1)c1cccs1. The Morgan fingerprint density at radius 2 is 1.93 bits per heavy atom. The molecule has 27 heavy (non-hydrogen) atoms. The lowest BCUT2D eigenvalue weighted by Gasteiger charge is -2.34. The number of carbonyl (C=O) groups excluding carboxylic acids is 2. The molecule has 0 atom stereocenters. The van der Waals surface area contributed by atoms with Crippen LogP contribution in [-0.4, -0.2) is 65.0 Å². The molecular formula is C19H19N3O3S2. The second-order valence-corrected chi connectivity index (χ2v) is 8.17. The summed E-state index contributed by atoms with van der Waals surface area (Å²) in [6, 6.07) is 11.3. The molecule has 1 fully saturated rings. The summed E-state index contributed by atoms with van der Waals surface area (Å²) in [5, 5.41) is 2.43. The molecule has 4 rings (SSSR count). The van der Waals surface area contributed by atoms with E-state index in [0.717, 1.165) is 29.1 Å². The van der Waals surface area contributed by atoms with Gasteiger partial charge in [-0.05, 0) is 23.6 Å². The Kier molecular flexibility index (Phi) is 5.56. The van der Waals surface area contributed by atoms with E-state index < -0.39 is 0 Å². The van der Waals surface area contributed by atoms with Gasteiger partial charge in [-0.3, -0.25) is 14.5 Å². The molecule has 140 valence electrons. The zero-order valence-corrected chi connectivity index (χ0v) is 16.3. The number of thiophene rings is 1. The van der Waals surface area contributed by atoms with E-state index in [9.17, 15) is 9.59 Å². The summed E-state index contributed by atoms with van der Waals surface area (Å²) in [5.41, 5.74) is 1.54. The highest BCUT2D eigenvalue weighted by molar-refractivity contribution is 7.99. The second-order valence-electron chi connectivity index (χ2n) is 6.29. The van der Waals surface area contributed by atoms with E-state index in [0.29, 0.717) is 30.6 Å². The van der Waals surface area contributed by atoms with Crippen LogP contribution in [0.3, 0.4) is 0 Å². The number of para-hydroxylation sites is 2. The highest BCUT2D eigenvalue weighted by Gasteiger charge is 2.23. The van der Waals surface area contributed by atoms with Crippen LogP contribution in [0, 0.1) is 0 Å². The van der Waals surface area contributed by atoms with Gasteiger partial charge < -0.3 is 9.32 Å². The molecule has 1 amide bonds. The number of benzene rings is 1. The van der Waals surface area contributed by atoms with Crippen molar-refractivity contribution in [2.45, 2.75) is 5.22 Å². The first-order valence-corrected chi connectivity index (χ1v) is 10.6. The number of rotatable bonds is 6. The van der Waals surface area contributed by atoms with Crippen LogP contribution in [0.15, 0.2) is 51.4 Å². The van der Waals surface area contributed by atoms with Gasteiger partial charge in [0, 0.05) is 26.2 Å². The summed E-state index contributed by atoms with van der Waals surface area (Å²) in [6.07, 6.45) is 0. The van der Waals surface area contributed by atoms with Crippen LogP contribution in [0.5, 0.6) is 0 Å². The van der Waals surface area contributed by atoms with Gasteiger partial charge in [-0.25, -0.2) is 4.98 Å². The van der Waals surface area contributed by atoms with Crippen molar-refractivity contribution in [2.24, 2.45) is 0 Å². The molecule has 0 saturated carbocycles. The number of carbonyl (C=O) groups is 2. The van der Waals surface area contributed by atoms with Crippen LogP contribution in [0.1, 0.15) is 9.67 Å². The van der Waals surface area contributed by atoms with E-state index >= 15 is 0 Å². The topological polar surface area (TPSA) is 66.7 Å². The molecule has 0 radical (unpaired) electrons. The van der Waals surface area contributed by atoms with Crippen LogP contribution in [0.25, 0.3) is 11.1 Å². The smallest absolute Gasteiger partial charge is 0.257 e. The van der Waals surface area contributed by atoms with Gasteiger partial charge in [0.1, 0.15) is 5.52 Å². The Morgan fingerprint density at radius 1 is 1.11 bits per heavy atom. The standard InChI is InChI=1S/C19H19N3O3S2/c23-15(17-6-3-11-26-17)12-21-7-9-22(10-8-21)18(24)13-27-19-20-14-4-1-2-5-16(14)25-19/h1-6,11H,7-10,12-13H2. The number of hydrogen-bond acceptors (Lipinski definition) is 7. The van der Waals surface area contributed by atoms with Crippen molar-refractivity contribution in [3.8, 4) is 0 Å². The number of oxazole rings is 1. The van der Waals surface area contributed by atoms with Crippen molar-refractivity contribution in [1.82, 2.24) is 14.8 Å². The lowest BCUT2D eigenvalue weighted by atomic mass is 10.2. The first-order chi connectivity index (χ1) is 13.2. The van der Waals surface area contributed by atoms with Crippen LogP contribution >= 0.6 is 23.1 Å². The van der Waals surface area contributed by atoms with Gasteiger partial charge in [-0.15, -0.1) is 11.3 Å². The molecule has 3 aromatic rings. The van der Waals surface area contributed by atoms with Gasteiger partial charge in [-0.2, -0.15) is 0 Å². The number of hydrogen-bond donors (Lipinski definition) is 0. The molecule has 1 aliphatic rings. The van der Waals surface area contributed by atoms with Crippen molar-refractivity contribution in [2.75, 3.05) is 38.5 Å². The Morgan fingerprint density at radius 3 is 2.67 bits per heavy atom. The van der Waals surface area contributed by atoms with Crippen molar-refractivity contribution in [3.63, 3.8) is 0 Å². The summed E-state index contributed by atoms with van der Waals surface area (Å²) in [7, 11) is 0. The molecule has 0 aliphatic carbocycles. The molecule has 0 spiro atoms. The van der Waals surface area contributed by atoms with Crippen molar-refractivity contribution >= 4 is 45.9 Å². The van der Waals surface area contributed by atoms with E-state index in [2.05, 4.69) is 9.88 Å². The fraction of sp³-hybridized carbons (Fsp3) is 0.316. The number of aromatic nitrogens is 1. The van der Waals surface area contributed by atoms with Gasteiger partial charge in [0.15, 0.2) is 11.4 Å². The number of nitrogens with zero attached hydrogens (tertiary/aromatic N) is 3. The number of amides is 1. The third-order valence-corrected chi connectivity index (χ3v) is 6.21. The van der Waals surface area contributed by atoms with Crippen molar-refractivity contribution < 1.29 is 14.0 Å². The molecule has 1 aromatic carbocycles. The third kappa shape index (κ3) is 4.40. The molecule has 1 aliphatic heterocycles. The van der Waals surface area contributed by atoms with Crippen LogP contribution in [0.4, 0.5) is 0 Å². The molecule has 0 N–H and O–H groups in total. The molecule has 1 saturated heterocycles. The Balaban J connectivity index is 1.24. The molecule has 0 bridgehead atoms. The summed E-state index contributed by atoms with van der Waals surface area (Å²) in [4.78, 5) is 33.8. The average Bonchev–Trinajstić information content (AvgIpc) is 3.36. The van der Waals surface area contributed by atoms with Gasteiger partial charge in [0.25, 0.3) is 5.22 Å². The van der Waals surface area contributed by atoms with E-state index in [1.54, 1.807) is 0 Å². The van der Waals surface area contributed by atoms with Gasteiger partial charge in [0.2, 0.25) is 5.91 Å². The van der Waals surface area contributed by atoms with Crippen LogP contribution in [0.2, 0.25) is 0 Å². The quantitative estimate of drug-likeness (QED) is 0.467. The van der Waals surface area contributed by atoms with Gasteiger partial charge >= 0.3 is 0 Å². The summed E-state index contributed by atoms with van der Waals surface area (Å²) >= 11 is 2.79. The first-order valence-electron chi connectivity index (χ1n) is 8.74. The number of ketones is 1. The predicted molar refractivity (Wildman–Crippen MR) is 106 cm³/mol. The van der Waals surface area contributed by atoms with E-state index in [4.69, 9.17) is 4.42 Å². The monoisotopic (exact) mass is 401 g/mol. The molecule has 6 nitrogen and oxygen atoms in total. The first kappa shape index (κ1) is 18.2. The summed E-state index contributed by atoms with van der Waals surface area (Å²) in [6.45, 7) is 3.14. The van der Waals surface area contributed by atoms with E-state index in [1.165, 1.54) is 23.1 Å². The van der Waals surface area contributed by atoms with Crippen molar-refractivity contribution in [3.05, 3.63) is 46.7 Å². The fourth-order valence-corrected chi connectivity index (χ4v) is 4.40. The third-order valence-electron chi connectivity index (χ3n) is 4.48. The zero-order chi connectivity index (χ0) is 18.6. The second kappa shape index (κ2) is 8.24. The minimum Gasteiger partial charge on any atom is -0.431 e. The van der Waals surface area contributed by atoms with E-state index in [1.807, 2.05) is 46.7 Å². The Labute approximate surface area is 165 Å². The average molecular weight is 402 g/mol. The molecule has 2 aromatic heterocycles. The normalized spacial score (nSPS) is 15.3. The Hall–Kier alpha value is -2.16. The molecule has 8 heteroatoms. The van der Waals surface area contributed by atoms with Gasteiger partial charge in [0.05, 0.1) is 17.2 Å². The number of fused-ring (bicyclic) bond motifs is 1. The zero-order valence-electron chi connectivity index (χ0n) is 14.7. The van der Waals surface area contributed by atoms with Crippen molar-refractivity contribution in [1.29, 1.82) is 0 Å². The molecule has 3 heterocycles. The maximum atomic E-state index is 12.5. The van der Waals surface area contributed by atoms with Crippen LogP contribution < -0.4 is 0 Å². The maximum Gasteiger partial charge on any atom is 0.257 e. The number of thioether (sulfide) groups is 1. The van der Waals surface area contributed by atoms with E-state index in [-0.39, 0.29) is 11.7 Å². The fourth-order valence-electron chi connectivity index (χ4n) is 3.00. The lowest BCUT2D eigenvalue weighted by Crippen LogP contribution is -2.50. The Bertz CT molecular complexity index is 898. The minimum absolute atomic E-state index is 0.0755. The number of Topliss-reactive ketones (excluding diaryl/α,β-unsaturated/α-hetero) is 1. The summed E-state index contributed by atoms with van der Waals surface area (Å²) in [5.74, 6) is 0.531. The molecule has 0 unspecified atom stereocenters. The van der Waals surface area contributed by atoms with Gasteiger partial charge in [-0.1, -0.05) is 30.0 Å².